The summed E-state index contributed by atoms with van der Waals surface area (Å²) in [5.74, 6) is 0.828. The summed E-state index contributed by atoms with van der Waals surface area (Å²) in [7, 11) is 1.89. The molecule has 0 N–H and O–H groups in total. The predicted molar refractivity (Wildman–Crippen MR) is 93.3 cm³/mol. The molecule has 0 bridgehead atoms. The molecule has 0 aliphatic carbocycles. The van der Waals surface area contributed by atoms with Crippen LogP contribution in [0.25, 0.3) is 0 Å². The topological polar surface area (TPSA) is 59.2 Å². The summed E-state index contributed by atoms with van der Waals surface area (Å²) in [5.41, 5.74) is 4.37. The van der Waals surface area contributed by atoms with Gasteiger partial charge in [0, 0.05) is 57.6 Å². The molecule has 2 aliphatic rings. The molecule has 2 aliphatic heterocycles. The average molecular weight is 345 g/mol. The third kappa shape index (κ3) is 3.21. The second-order valence-corrected chi connectivity index (χ2v) is 6.92. The lowest BCUT2D eigenvalue weighted by Gasteiger charge is -2.27. The van der Waals surface area contributed by atoms with Gasteiger partial charge >= 0.3 is 0 Å². The first-order valence-corrected chi connectivity index (χ1v) is 8.86. The van der Waals surface area contributed by atoms with Crippen molar-refractivity contribution in [2.24, 2.45) is 12.0 Å². The summed E-state index contributed by atoms with van der Waals surface area (Å²) in [5, 5.41) is 5.16. The number of rotatable bonds is 3. The molecule has 0 saturated carbocycles. The number of fused-ring (bicyclic) bond motifs is 1. The monoisotopic (exact) mass is 344 g/mol. The molecule has 2 aromatic heterocycles. The number of nitrogens with zero attached hydrogens (tertiary/aromatic N) is 6. The van der Waals surface area contributed by atoms with Crippen LogP contribution in [0.5, 0.6) is 0 Å². The number of aromatic nitrogens is 4. The van der Waals surface area contributed by atoms with Crippen molar-refractivity contribution in [3.8, 4) is 0 Å². The molecule has 0 saturated heterocycles. The third-order valence-electron chi connectivity index (χ3n) is 4.62. The van der Waals surface area contributed by atoms with Crippen molar-refractivity contribution in [2.45, 2.75) is 38.8 Å². The number of hydrogen-bond acceptors (Lipinski definition) is 5. The zero-order chi connectivity index (χ0) is 16.5. The van der Waals surface area contributed by atoms with Crippen molar-refractivity contribution < 1.29 is 0 Å². The van der Waals surface area contributed by atoms with Crippen LogP contribution in [0, 0.1) is 0 Å². The van der Waals surface area contributed by atoms with Crippen molar-refractivity contribution in [1.29, 1.82) is 0 Å². The maximum Gasteiger partial charge on any atom is 0.173 e. The van der Waals surface area contributed by atoms with E-state index in [1.807, 2.05) is 19.4 Å². The van der Waals surface area contributed by atoms with Gasteiger partial charge in [0.25, 0.3) is 0 Å². The van der Waals surface area contributed by atoms with Crippen LogP contribution in [0.1, 0.15) is 42.0 Å². The molecule has 0 spiro atoms. The molecule has 2 aromatic rings. The minimum Gasteiger partial charge on any atom is -0.293 e. The maximum absolute atomic E-state index is 6.22. The van der Waals surface area contributed by atoms with Crippen molar-refractivity contribution in [2.75, 3.05) is 13.1 Å². The Morgan fingerprint density at radius 3 is 2.92 bits per heavy atom. The van der Waals surface area contributed by atoms with Gasteiger partial charge in [0.15, 0.2) is 5.82 Å². The van der Waals surface area contributed by atoms with E-state index in [4.69, 9.17) is 16.6 Å². The quantitative estimate of drug-likeness (QED) is 0.857. The molecular formula is C17H21ClN6. The number of aliphatic imine (C=N–C) groups is 1. The maximum atomic E-state index is 6.22. The van der Waals surface area contributed by atoms with Crippen LogP contribution in [0.4, 0.5) is 0 Å². The fourth-order valence-corrected chi connectivity index (χ4v) is 3.59. The van der Waals surface area contributed by atoms with Crippen LogP contribution in [-0.4, -0.2) is 43.4 Å². The Morgan fingerprint density at radius 2 is 2.17 bits per heavy atom. The van der Waals surface area contributed by atoms with E-state index in [0.29, 0.717) is 0 Å². The van der Waals surface area contributed by atoms with Gasteiger partial charge in [-0.3, -0.25) is 14.6 Å². The highest BCUT2D eigenvalue weighted by atomic mass is 35.5. The highest BCUT2D eigenvalue weighted by Crippen LogP contribution is 2.22. The van der Waals surface area contributed by atoms with E-state index in [1.165, 1.54) is 18.4 Å². The second-order valence-electron chi connectivity index (χ2n) is 6.51. The molecule has 4 rings (SSSR count). The SMILES string of the molecule is Cn1cc(Cl)c(CN2CCc3nc(C4=NCCCC4)ncc3C2)n1. The fraction of sp³-hybridized carbons (Fsp3) is 0.529. The first-order chi connectivity index (χ1) is 11.7. The molecular weight excluding hydrogens is 324 g/mol. The molecule has 0 amide bonds. The van der Waals surface area contributed by atoms with E-state index in [9.17, 15) is 0 Å². The molecule has 24 heavy (non-hydrogen) atoms. The van der Waals surface area contributed by atoms with Gasteiger partial charge in [-0.1, -0.05) is 11.6 Å². The van der Waals surface area contributed by atoms with Gasteiger partial charge in [-0.2, -0.15) is 5.10 Å². The van der Waals surface area contributed by atoms with E-state index in [2.05, 4.69) is 20.0 Å². The summed E-state index contributed by atoms with van der Waals surface area (Å²) in [6.45, 7) is 3.47. The summed E-state index contributed by atoms with van der Waals surface area (Å²) in [6.07, 6.45) is 8.12. The number of aryl methyl sites for hydroxylation is 1. The predicted octanol–water partition coefficient (Wildman–Crippen LogP) is 2.39. The van der Waals surface area contributed by atoms with Gasteiger partial charge in [0.05, 0.1) is 22.1 Å². The third-order valence-corrected chi connectivity index (χ3v) is 4.94. The average Bonchev–Trinajstić information content (AvgIpc) is 2.92. The Morgan fingerprint density at radius 1 is 1.25 bits per heavy atom. The van der Waals surface area contributed by atoms with Crippen molar-refractivity contribution in [3.63, 3.8) is 0 Å². The van der Waals surface area contributed by atoms with Gasteiger partial charge < -0.3 is 0 Å². The van der Waals surface area contributed by atoms with Crippen molar-refractivity contribution in [3.05, 3.63) is 40.2 Å². The summed E-state index contributed by atoms with van der Waals surface area (Å²) >= 11 is 6.22. The Hall–Kier alpha value is -1.79. The highest BCUT2D eigenvalue weighted by molar-refractivity contribution is 6.31. The van der Waals surface area contributed by atoms with E-state index >= 15 is 0 Å². The van der Waals surface area contributed by atoms with Gasteiger partial charge in [0.2, 0.25) is 0 Å². The minimum absolute atomic E-state index is 0.727. The van der Waals surface area contributed by atoms with Crippen LogP contribution in [0.3, 0.4) is 0 Å². The highest BCUT2D eigenvalue weighted by Gasteiger charge is 2.21. The van der Waals surface area contributed by atoms with Crippen LogP contribution in [-0.2, 0) is 26.6 Å². The molecule has 0 radical (unpaired) electrons. The second kappa shape index (κ2) is 6.61. The summed E-state index contributed by atoms with van der Waals surface area (Å²) in [4.78, 5) is 16.3. The Balaban J connectivity index is 1.49. The van der Waals surface area contributed by atoms with Gasteiger partial charge in [0.1, 0.15) is 0 Å². The van der Waals surface area contributed by atoms with E-state index < -0.39 is 0 Å². The Bertz CT molecular complexity index is 781. The van der Waals surface area contributed by atoms with Gasteiger partial charge in [-0.05, 0) is 19.3 Å². The van der Waals surface area contributed by atoms with E-state index in [0.717, 1.165) is 67.0 Å². The van der Waals surface area contributed by atoms with Crippen LogP contribution < -0.4 is 0 Å². The molecule has 4 heterocycles. The number of halogens is 1. The largest absolute Gasteiger partial charge is 0.293 e. The first kappa shape index (κ1) is 15.7. The smallest absolute Gasteiger partial charge is 0.173 e. The Kier molecular flexibility index (Phi) is 4.33. The van der Waals surface area contributed by atoms with Crippen LogP contribution >= 0.6 is 11.6 Å². The molecule has 7 heteroatoms. The fourth-order valence-electron chi connectivity index (χ4n) is 3.35. The van der Waals surface area contributed by atoms with Gasteiger partial charge in [-0.25, -0.2) is 9.97 Å². The first-order valence-electron chi connectivity index (χ1n) is 8.48. The van der Waals surface area contributed by atoms with Crippen molar-refractivity contribution >= 4 is 17.3 Å². The molecule has 6 nitrogen and oxygen atoms in total. The lowest BCUT2D eigenvalue weighted by molar-refractivity contribution is 0.239. The molecule has 0 aromatic carbocycles. The normalized spacial score (nSPS) is 18.3. The zero-order valence-electron chi connectivity index (χ0n) is 13.9. The summed E-state index contributed by atoms with van der Waals surface area (Å²) in [6, 6.07) is 0. The minimum atomic E-state index is 0.727. The molecule has 0 fully saturated rings. The van der Waals surface area contributed by atoms with Crippen LogP contribution in [0.2, 0.25) is 5.02 Å². The van der Waals surface area contributed by atoms with Crippen LogP contribution in [0.15, 0.2) is 17.4 Å². The molecule has 0 unspecified atom stereocenters. The molecule has 0 atom stereocenters. The standard InChI is InChI=1S/C17H21ClN6/c1-23-10-13(18)16(22-23)11-24-7-5-14-12(9-24)8-20-17(21-14)15-4-2-3-6-19-15/h8,10H,2-7,9,11H2,1H3. The molecule has 126 valence electrons. The number of hydrogen-bond donors (Lipinski definition) is 0. The van der Waals surface area contributed by atoms with E-state index in [1.54, 1.807) is 4.68 Å². The lowest BCUT2D eigenvalue weighted by atomic mass is 10.1. The van der Waals surface area contributed by atoms with E-state index in [-0.39, 0.29) is 0 Å². The Labute approximate surface area is 146 Å². The zero-order valence-corrected chi connectivity index (χ0v) is 14.6. The van der Waals surface area contributed by atoms with Crippen molar-refractivity contribution in [1.82, 2.24) is 24.6 Å². The van der Waals surface area contributed by atoms with Gasteiger partial charge in [-0.15, -0.1) is 0 Å². The summed E-state index contributed by atoms with van der Waals surface area (Å²) < 4.78 is 1.76. The lowest BCUT2D eigenvalue weighted by Crippen LogP contribution is -2.31.